The molecule has 1 aliphatic rings. The van der Waals surface area contributed by atoms with E-state index >= 15 is 0 Å². The maximum absolute atomic E-state index is 12.8. The number of hydrogen-bond donors (Lipinski definition) is 4. The lowest BCUT2D eigenvalue weighted by molar-refractivity contribution is -0.305. The summed E-state index contributed by atoms with van der Waals surface area (Å²) in [7, 11) is 0. The summed E-state index contributed by atoms with van der Waals surface area (Å²) in [6.45, 7) is 3.47. The molecule has 0 bridgehead atoms. The molecule has 64 heavy (non-hydrogen) atoms. The third-order valence-electron chi connectivity index (χ3n) is 12.9. The number of carbonyl (C=O) groups excluding carboxylic acids is 2. The van der Waals surface area contributed by atoms with E-state index in [4.69, 9.17) is 18.9 Å². The summed E-state index contributed by atoms with van der Waals surface area (Å²) >= 11 is 0. The van der Waals surface area contributed by atoms with Crippen molar-refractivity contribution in [2.45, 2.75) is 301 Å². The van der Waals surface area contributed by atoms with E-state index in [9.17, 15) is 30.0 Å². The van der Waals surface area contributed by atoms with E-state index in [1.165, 1.54) is 186 Å². The maximum atomic E-state index is 12.8. The van der Waals surface area contributed by atoms with Gasteiger partial charge < -0.3 is 39.4 Å². The van der Waals surface area contributed by atoms with Crippen LogP contribution in [0.5, 0.6) is 0 Å². The predicted molar refractivity (Wildman–Crippen MR) is 261 cm³/mol. The summed E-state index contributed by atoms with van der Waals surface area (Å²) in [5.41, 5.74) is 0. The average molecular weight is 911 g/mol. The largest absolute Gasteiger partial charge is 0.462 e. The Morgan fingerprint density at radius 2 is 0.828 bits per heavy atom. The van der Waals surface area contributed by atoms with Crippen LogP contribution >= 0.6 is 0 Å². The van der Waals surface area contributed by atoms with Gasteiger partial charge in [-0.05, 0) is 38.5 Å². The van der Waals surface area contributed by atoms with Gasteiger partial charge in [0.1, 0.15) is 31.0 Å². The summed E-state index contributed by atoms with van der Waals surface area (Å²) in [5, 5.41) is 40.2. The summed E-state index contributed by atoms with van der Waals surface area (Å²) < 4.78 is 22.3. The van der Waals surface area contributed by atoms with Crippen LogP contribution in [0.1, 0.15) is 264 Å². The van der Waals surface area contributed by atoms with Crippen LogP contribution in [0.3, 0.4) is 0 Å². The van der Waals surface area contributed by atoms with E-state index in [1.807, 2.05) is 0 Å². The molecule has 0 aromatic carbocycles. The number of esters is 2. The molecule has 0 spiro atoms. The molecule has 4 N–H and O–H groups in total. The third kappa shape index (κ3) is 35.6. The lowest BCUT2D eigenvalue weighted by Crippen LogP contribution is -2.59. The van der Waals surface area contributed by atoms with Crippen molar-refractivity contribution in [3.63, 3.8) is 0 Å². The summed E-state index contributed by atoms with van der Waals surface area (Å²) in [6.07, 6.45) is 43.6. The molecule has 10 heteroatoms. The lowest BCUT2D eigenvalue weighted by Gasteiger charge is -2.39. The Hall–Kier alpha value is -1.56. The van der Waals surface area contributed by atoms with E-state index in [0.29, 0.717) is 6.42 Å². The summed E-state index contributed by atoms with van der Waals surface area (Å²) in [5.74, 6) is -0.794. The highest BCUT2D eigenvalue weighted by atomic mass is 16.7. The third-order valence-corrected chi connectivity index (χ3v) is 12.9. The molecule has 0 aromatic heterocycles. The normalized spacial score (nSPS) is 19.4. The van der Waals surface area contributed by atoms with Crippen molar-refractivity contribution in [3.8, 4) is 0 Å². The van der Waals surface area contributed by atoms with Gasteiger partial charge in [0, 0.05) is 12.8 Å². The van der Waals surface area contributed by atoms with Gasteiger partial charge >= 0.3 is 11.9 Å². The van der Waals surface area contributed by atoms with Gasteiger partial charge in [0.15, 0.2) is 12.4 Å². The molecule has 1 saturated heterocycles. The van der Waals surface area contributed by atoms with Gasteiger partial charge in [-0.2, -0.15) is 0 Å². The molecule has 1 aliphatic heterocycles. The molecule has 1 heterocycles. The molecule has 0 aromatic rings. The smallest absolute Gasteiger partial charge is 0.306 e. The molecular weight excluding hydrogens is 809 g/mol. The van der Waals surface area contributed by atoms with Crippen molar-refractivity contribution in [1.82, 2.24) is 0 Å². The van der Waals surface area contributed by atoms with E-state index < -0.39 is 49.4 Å². The number of ether oxygens (including phenoxy) is 4. The number of unbranched alkanes of at least 4 members (excludes halogenated alkanes) is 34. The fourth-order valence-corrected chi connectivity index (χ4v) is 8.60. The van der Waals surface area contributed by atoms with Crippen LogP contribution < -0.4 is 0 Å². The minimum absolute atomic E-state index is 0.213. The Labute approximate surface area is 392 Å². The second kappa shape index (κ2) is 45.2. The average Bonchev–Trinajstić information content (AvgIpc) is 3.29. The zero-order chi connectivity index (χ0) is 46.6. The van der Waals surface area contributed by atoms with Crippen molar-refractivity contribution in [2.24, 2.45) is 0 Å². The maximum Gasteiger partial charge on any atom is 0.306 e. The first-order valence-corrected chi connectivity index (χ1v) is 27.3. The highest BCUT2D eigenvalue weighted by molar-refractivity contribution is 5.70. The Morgan fingerprint density at radius 3 is 1.22 bits per heavy atom. The van der Waals surface area contributed by atoms with Crippen LogP contribution in [0.25, 0.3) is 0 Å². The van der Waals surface area contributed by atoms with E-state index in [0.717, 1.165) is 44.9 Å². The molecule has 0 amide bonds. The highest BCUT2D eigenvalue weighted by Crippen LogP contribution is 2.23. The van der Waals surface area contributed by atoms with E-state index in [1.54, 1.807) is 0 Å². The lowest BCUT2D eigenvalue weighted by atomic mass is 9.99. The van der Waals surface area contributed by atoms with Crippen molar-refractivity contribution >= 4 is 11.9 Å². The van der Waals surface area contributed by atoms with Crippen LogP contribution in [0.4, 0.5) is 0 Å². The van der Waals surface area contributed by atoms with E-state index in [2.05, 4.69) is 26.0 Å². The van der Waals surface area contributed by atoms with Crippen LogP contribution in [0, 0.1) is 0 Å². The highest BCUT2D eigenvalue weighted by Gasteiger charge is 2.44. The number of rotatable bonds is 47. The quantitative estimate of drug-likeness (QED) is 0.0264. The van der Waals surface area contributed by atoms with Gasteiger partial charge in [-0.25, -0.2) is 0 Å². The predicted octanol–water partition coefficient (Wildman–Crippen LogP) is 13.1. The molecule has 1 fully saturated rings. The van der Waals surface area contributed by atoms with Gasteiger partial charge in [-0.1, -0.05) is 225 Å². The van der Waals surface area contributed by atoms with Gasteiger partial charge in [0.2, 0.25) is 0 Å². The molecule has 1 rings (SSSR count). The zero-order valence-electron chi connectivity index (χ0n) is 41.6. The molecule has 0 saturated carbocycles. The van der Waals surface area contributed by atoms with Crippen molar-refractivity contribution in [1.29, 1.82) is 0 Å². The van der Waals surface area contributed by atoms with Gasteiger partial charge in [-0.3, -0.25) is 9.59 Å². The monoisotopic (exact) mass is 911 g/mol. The van der Waals surface area contributed by atoms with Crippen molar-refractivity contribution in [3.05, 3.63) is 12.2 Å². The minimum atomic E-state index is -1.59. The zero-order valence-corrected chi connectivity index (χ0v) is 41.6. The number of aliphatic hydroxyl groups excluding tert-OH is 4. The fourth-order valence-electron chi connectivity index (χ4n) is 8.60. The first kappa shape index (κ1) is 60.5. The standard InChI is InChI=1S/C54H102O10/c1-3-5-7-9-11-13-15-17-19-21-23-24-25-27-28-30-32-34-36-38-40-42-49(56)61-45-47(46-62-54-53(60)52(59)51(58)48(44-55)64-54)63-50(57)43-41-39-37-35-33-31-29-26-22-20-18-16-14-12-10-8-6-4-2/h20,22,47-48,51-55,58-60H,3-19,21,23-46H2,1-2H3/b22-20-. The Morgan fingerprint density at radius 1 is 0.469 bits per heavy atom. The van der Waals surface area contributed by atoms with Gasteiger partial charge in [0.25, 0.3) is 0 Å². The number of hydrogen-bond acceptors (Lipinski definition) is 10. The van der Waals surface area contributed by atoms with Gasteiger partial charge in [-0.15, -0.1) is 0 Å². The molecule has 6 unspecified atom stereocenters. The second-order valence-electron chi connectivity index (χ2n) is 19.0. The fraction of sp³-hybridized carbons (Fsp3) is 0.926. The molecule has 10 nitrogen and oxygen atoms in total. The van der Waals surface area contributed by atoms with E-state index in [-0.39, 0.29) is 32.0 Å². The van der Waals surface area contributed by atoms with Crippen LogP contribution in [-0.4, -0.2) is 89.0 Å². The molecular formula is C54H102O10. The van der Waals surface area contributed by atoms with Gasteiger partial charge in [0.05, 0.1) is 13.2 Å². The Bertz CT molecular complexity index is 1050. The van der Waals surface area contributed by atoms with Crippen LogP contribution in [-0.2, 0) is 28.5 Å². The Kier molecular flexibility index (Phi) is 42.7. The number of carbonyl (C=O) groups is 2. The molecule has 0 radical (unpaired) electrons. The summed E-state index contributed by atoms with van der Waals surface area (Å²) in [6, 6.07) is 0. The second-order valence-corrected chi connectivity index (χ2v) is 19.0. The molecule has 6 atom stereocenters. The first-order chi connectivity index (χ1) is 31.3. The van der Waals surface area contributed by atoms with Crippen molar-refractivity contribution < 1.29 is 49.0 Å². The van der Waals surface area contributed by atoms with Crippen molar-refractivity contribution in [2.75, 3.05) is 19.8 Å². The number of aliphatic hydroxyl groups is 4. The number of allylic oxidation sites excluding steroid dienone is 2. The first-order valence-electron chi connectivity index (χ1n) is 27.3. The Balaban J connectivity index is 2.22. The van der Waals surface area contributed by atoms with Crippen LogP contribution in [0.2, 0.25) is 0 Å². The van der Waals surface area contributed by atoms with Crippen LogP contribution in [0.15, 0.2) is 12.2 Å². The topological polar surface area (TPSA) is 152 Å². The SMILES string of the molecule is CCCCCCCCC/C=C\CCCCCCCCCC(=O)OC(COC(=O)CCCCCCCCCCCCCCCCCCCCCCC)COC1OC(CO)C(O)C(O)C1O. The molecule has 0 aliphatic carbocycles. The molecule has 378 valence electrons. The summed E-state index contributed by atoms with van der Waals surface area (Å²) in [4.78, 5) is 25.5. The minimum Gasteiger partial charge on any atom is -0.462 e.